The van der Waals surface area contributed by atoms with Crippen molar-refractivity contribution in [3.63, 3.8) is 0 Å². The maximum Gasteiger partial charge on any atom is 0.143 e. The molecule has 0 aliphatic rings. The molecule has 0 fully saturated rings. The summed E-state index contributed by atoms with van der Waals surface area (Å²) in [5, 5.41) is 3.45. The fraction of sp³-hybridized carbons (Fsp3) is 0.647. The van der Waals surface area contributed by atoms with Crippen LogP contribution in [0.2, 0.25) is 0 Å². The Balaban J connectivity index is 2.99. The van der Waals surface area contributed by atoms with E-state index in [4.69, 9.17) is 4.74 Å². The number of benzene rings is 1. The van der Waals surface area contributed by atoms with E-state index in [9.17, 15) is 0 Å². The van der Waals surface area contributed by atoms with Gasteiger partial charge in [0.1, 0.15) is 5.75 Å². The number of hydrogen-bond acceptors (Lipinski definition) is 3. The average Bonchev–Trinajstić information content (AvgIpc) is 2.39. The van der Waals surface area contributed by atoms with Gasteiger partial charge in [0, 0.05) is 25.7 Å². The molecule has 1 N–H and O–H groups in total. The Hall–Kier alpha value is -1.22. The Kier molecular flexibility index (Phi) is 6.86. The summed E-state index contributed by atoms with van der Waals surface area (Å²) in [6.07, 6.45) is 0.192. The van der Waals surface area contributed by atoms with E-state index >= 15 is 0 Å². The number of rotatable bonds is 8. The van der Waals surface area contributed by atoms with Gasteiger partial charge in [0.15, 0.2) is 0 Å². The highest BCUT2D eigenvalue weighted by Crippen LogP contribution is 2.30. The van der Waals surface area contributed by atoms with Crippen molar-refractivity contribution in [3.8, 4) is 5.75 Å². The van der Waals surface area contributed by atoms with Gasteiger partial charge in [-0.05, 0) is 45.4 Å². The highest BCUT2D eigenvalue weighted by atomic mass is 16.5. The summed E-state index contributed by atoms with van der Waals surface area (Å²) in [6, 6.07) is 7.04. The predicted molar refractivity (Wildman–Crippen MR) is 87.7 cm³/mol. The van der Waals surface area contributed by atoms with Gasteiger partial charge in [-0.2, -0.15) is 0 Å². The van der Waals surface area contributed by atoms with Gasteiger partial charge in [-0.1, -0.05) is 19.9 Å². The number of ether oxygens (including phenoxy) is 1. The second kappa shape index (κ2) is 8.15. The standard InChI is InChI=1S/C17H30N2O/c1-7-19(8-2)16-10-9-15(12-18-13(3)4)11-17(16)20-14(5)6/h9-11,13-14,18H,7-8,12H2,1-6H3. The maximum atomic E-state index is 6.01. The lowest BCUT2D eigenvalue weighted by atomic mass is 10.1. The zero-order valence-electron chi connectivity index (χ0n) is 13.9. The second-order valence-corrected chi connectivity index (χ2v) is 5.68. The number of nitrogens with one attached hydrogen (secondary N) is 1. The van der Waals surface area contributed by atoms with Gasteiger partial charge in [0.05, 0.1) is 11.8 Å². The molecule has 0 radical (unpaired) electrons. The van der Waals surface area contributed by atoms with E-state index in [0.29, 0.717) is 6.04 Å². The lowest BCUT2D eigenvalue weighted by molar-refractivity contribution is 0.242. The van der Waals surface area contributed by atoms with Gasteiger partial charge < -0.3 is 15.0 Å². The molecule has 3 heteroatoms. The van der Waals surface area contributed by atoms with Gasteiger partial charge in [-0.3, -0.25) is 0 Å². The molecule has 20 heavy (non-hydrogen) atoms. The van der Waals surface area contributed by atoms with Crippen molar-refractivity contribution < 1.29 is 4.74 Å². The first-order valence-corrected chi connectivity index (χ1v) is 7.75. The lowest BCUT2D eigenvalue weighted by Crippen LogP contribution is -2.24. The van der Waals surface area contributed by atoms with E-state index in [0.717, 1.165) is 25.4 Å². The van der Waals surface area contributed by atoms with Crippen LogP contribution in [0.1, 0.15) is 47.1 Å². The van der Waals surface area contributed by atoms with Crippen LogP contribution in [-0.4, -0.2) is 25.2 Å². The van der Waals surface area contributed by atoms with Crippen molar-refractivity contribution in [1.29, 1.82) is 0 Å². The molecule has 0 amide bonds. The second-order valence-electron chi connectivity index (χ2n) is 5.68. The largest absolute Gasteiger partial charge is 0.489 e. The Morgan fingerprint density at radius 3 is 2.25 bits per heavy atom. The molecule has 0 saturated carbocycles. The van der Waals surface area contributed by atoms with Crippen molar-refractivity contribution in [1.82, 2.24) is 5.32 Å². The molecule has 1 rings (SSSR count). The van der Waals surface area contributed by atoms with Crippen molar-refractivity contribution in [2.24, 2.45) is 0 Å². The van der Waals surface area contributed by atoms with Gasteiger partial charge in [-0.25, -0.2) is 0 Å². The summed E-state index contributed by atoms with van der Waals surface area (Å²) in [4.78, 5) is 2.33. The molecule has 0 bridgehead atoms. The summed E-state index contributed by atoms with van der Waals surface area (Å²) in [5.74, 6) is 0.992. The van der Waals surface area contributed by atoms with Crippen LogP contribution in [0, 0.1) is 0 Å². The Bertz CT molecular complexity index is 398. The molecule has 1 aromatic carbocycles. The van der Waals surface area contributed by atoms with Crippen LogP contribution in [0.3, 0.4) is 0 Å². The maximum absolute atomic E-state index is 6.01. The molecule has 0 aromatic heterocycles. The first-order valence-electron chi connectivity index (χ1n) is 7.75. The van der Waals surface area contributed by atoms with Crippen molar-refractivity contribution in [3.05, 3.63) is 23.8 Å². The first kappa shape index (κ1) is 16.8. The van der Waals surface area contributed by atoms with Gasteiger partial charge in [0.2, 0.25) is 0 Å². The quantitative estimate of drug-likeness (QED) is 0.782. The SMILES string of the molecule is CCN(CC)c1ccc(CNC(C)C)cc1OC(C)C. The van der Waals surface area contributed by atoms with Crippen LogP contribution in [0.15, 0.2) is 18.2 Å². The fourth-order valence-electron chi connectivity index (χ4n) is 2.16. The third-order valence-electron chi connectivity index (χ3n) is 3.21. The minimum Gasteiger partial charge on any atom is -0.489 e. The summed E-state index contributed by atoms with van der Waals surface area (Å²) in [5.41, 5.74) is 2.46. The summed E-state index contributed by atoms with van der Waals surface area (Å²) >= 11 is 0. The fourth-order valence-corrected chi connectivity index (χ4v) is 2.16. The normalized spacial score (nSPS) is 11.2. The topological polar surface area (TPSA) is 24.5 Å². The third-order valence-corrected chi connectivity index (χ3v) is 3.21. The predicted octanol–water partition coefficient (Wildman–Crippen LogP) is 3.82. The molecule has 0 saturated heterocycles. The van der Waals surface area contributed by atoms with E-state index in [1.807, 2.05) is 0 Å². The zero-order chi connectivity index (χ0) is 15.1. The van der Waals surface area contributed by atoms with E-state index < -0.39 is 0 Å². The van der Waals surface area contributed by atoms with Gasteiger partial charge >= 0.3 is 0 Å². The Labute approximate surface area is 124 Å². The summed E-state index contributed by atoms with van der Waals surface area (Å²) in [6.45, 7) is 15.7. The molecule has 0 aliphatic carbocycles. The molecule has 0 aliphatic heterocycles. The van der Waals surface area contributed by atoms with Crippen LogP contribution in [-0.2, 0) is 6.54 Å². The minimum atomic E-state index is 0.192. The molecule has 1 aromatic rings. The minimum absolute atomic E-state index is 0.192. The van der Waals surface area contributed by atoms with Crippen molar-refractivity contribution in [2.45, 2.75) is 60.2 Å². The number of anilines is 1. The molecule has 0 heterocycles. The number of hydrogen-bond donors (Lipinski definition) is 1. The molecule has 0 unspecified atom stereocenters. The van der Waals surface area contributed by atoms with E-state index in [2.05, 4.69) is 70.0 Å². The monoisotopic (exact) mass is 278 g/mol. The smallest absolute Gasteiger partial charge is 0.143 e. The highest BCUT2D eigenvalue weighted by Gasteiger charge is 2.12. The number of nitrogens with zero attached hydrogens (tertiary/aromatic N) is 1. The highest BCUT2D eigenvalue weighted by molar-refractivity contribution is 5.59. The molecule has 3 nitrogen and oxygen atoms in total. The van der Waals surface area contributed by atoms with Crippen LogP contribution < -0.4 is 15.0 Å². The van der Waals surface area contributed by atoms with Crippen LogP contribution in [0.5, 0.6) is 5.75 Å². The van der Waals surface area contributed by atoms with Gasteiger partial charge in [-0.15, -0.1) is 0 Å². The molecular formula is C17H30N2O. The van der Waals surface area contributed by atoms with Crippen LogP contribution in [0.4, 0.5) is 5.69 Å². The summed E-state index contributed by atoms with van der Waals surface area (Å²) in [7, 11) is 0. The van der Waals surface area contributed by atoms with E-state index in [1.54, 1.807) is 0 Å². The van der Waals surface area contributed by atoms with Crippen LogP contribution >= 0.6 is 0 Å². The molecule has 114 valence electrons. The zero-order valence-corrected chi connectivity index (χ0v) is 13.9. The lowest BCUT2D eigenvalue weighted by Gasteiger charge is -2.25. The first-order chi connectivity index (χ1) is 9.47. The third kappa shape index (κ3) is 5.04. The van der Waals surface area contributed by atoms with Crippen LogP contribution in [0.25, 0.3) is 0 Å². The van der Waals surface area contributed by atoms with Crippen molar-refractivity contribution >= 4 is 5.69 Å². The molecule has 0 atom stereocenters. The van der Waals surface area contributed by atoms with E-state index in [1.165, 1.54) is 11.3 Å². The molecular weight excluding hydrogens is 248 g/mol. The van der Waals surface area contributed by atoms with Crippen molar-refractivity contribution in [2.75, 3.05) is 18.0 Å². The summed E-state index contributed by atoms with van der Waals surface area (Å²) < 4.78 is 6.01. The Morgan fingerprint density at radius 1 is 1.10 bits per heavy atom. The van der Waals surface area contributed by atoms with Gasteiger partial charge in [0.25, 0.3) is 0 Å². The van der Waals surface area contributed by atoms with E-state index in [-0.39, 0.29) is 6.10 Å². The Morgan fingerprint density at radius 2 is 1.75 bits per heavy atom. The average molecular weight is 278 g/mol. The molecule has 0 spiro atoms.